The highest BCUT2D eigenvalue weighted by molar-refractivity contribution is 6.84. The monoisotopic (exact) mass is 422 g/mol. The van der Waals surface area contributed by atoms with Crippen molar-refractivity contribution in [2.75, 3.05) is 0 Å². The first-order valence-corrected chi connectivity index (χ1v) is 15.0. The molecule has 0 atom stereocenters. The molecule has 0 aliphatic heterocycles. The zero-order chi connectivity index (χ0) is 21.4. The first kappa shape index (κ1) is 25.3. The van der Waals surface area contributed by atoms with Gasteiger partial charge in [0.05, 0.1) is 0 Å². The van der Waals surface area contributed by atoms with E-state index in [1.54, 1.807) is 0 Å². The van der Waals surface area contributed by atoms with Gasteiger partial charge in [-0.3, -0.25) is 19.2 Å². The second-order valence-corrected chi connectivity index (χ2v) is 16.7. The molecule has 4 N–H and O–H groups in total. The predicted molar refractivity (Wildman–Crippen MR) is 102 cm³/mol. The zero-order valence-electron chi connectivity index (χ0n) is 16.2. The molecule has 9 nitrogen and oxygen atoms in total. The summed E-state index contributed by atoms with van der Waals surface area (Å²) < 4.78 is 6.32. The summed E-state index contributed by atoms with van der Waals surface area (Å²) in [6.45, 7) is 7.93. The van der Waals surface area contributed by atoms with Crippen molar-refractivity contribution in [1.29, 1.82) is 0 Å². The largest absolute Gasteiger partial charge is 0.481 e. The summed E-state index contributed by atoms with van der Waals surface area (Å²) in [5, 5.41) is 35.6. The molecule has 156 valence electrons. The third kappa shape index (κ3) is 10.3. The fraction of sp³-hybridized carbons (Fsp3) is 0.750. The Balaban J connectivity index is 4.55. The fourth-order valence-electron chi connectivity index (χ4n) is 3.02. The molecule has 0 aromatic carbocycles. The molecule has 0 aromatic rings. The zero-order valence-corrected chi connectivity index (χ0v) is 18.2. The van der Waals surface area contributed by atoms with Gasteiger partial charge in [-0.1, -0.05) is 12.8 Å². The first-order valence-electron chi connectivity index (χ1n) is 8.80. The topological polar surface area (TPSA) is 158 Å². The van der Waals surface area contributed by atoms with Gasteiger partial charge in [0.2, 0.25) is 0 Å². The standard InChI is InChI=1S/C16H30O9Si2/c1-26(2,9-5-7-11(13(17)18)14(19)20)25-27(3,4)10-6-8-12(15(21)22)16(23)24/h11-12H,5-10H2,1-4H3,(H,17,18)(H,19,20)(H,21,22)(H,23,24). The molecular formula is C16H30O9Si2. The molecule has 0 saturated carbocycles. The quantitative estimate of drug-likeness (QED) is 0.244. The second kappa shape index (κ2) is 10.6. The molecule has 0 amide bonds. The van der Waals surface area contributed by atoms with Crippen LogP contribution in [0.5, 0.6) is 0 Å². The van der Waals surface area contributed by atoms with E-state index in [4.69, 9.17) is 24.5 Å². The van der Waals surface area contributed by atoms with Crippen LogP contribution in [-0.4, -0.2) is 60.9 Å². The molecule has 0 aliphatic rings. The maximum Gasteiger partial charge on any atom is 0.317 e. The Bertz CT molecular complexity index is 484. The Morgan fingerprint density at radius 3 is 1.15 bits per heavy atom. The van der Waals surface area contributed by atoms with Crippen LogP contribution < -0.4 is 0 Å². The molecule has 0 radical (unpaired) electrons. The van der Waals surface area contributed by atoms with Gasteiger partial charge in [0.25, 0.3) is 0 Å². The van der Waals surface area contributed by atoms with E-state index in [9.17, 15) is 19.2 Å². The molecule has 0 heterocycles. The van der Waals surface area contributed by atoms with Crippen LogP contribution in [0, 0.1) is 11.8 Å². The van der Waals surface area contributed by atoms with Gasteiger partial charge >= 0.3 is 23.9 Å². The smallest absolute Gasteiger partial charge is 0.317 e. The van der Waals surface area contributed by atoms with Crippen LogP contribution in [0.15, 0.2) is 0 Å². The maximum atomic E-state index is 10.9. The number of rotatable bonds is 14. The fourth-order valence-corrected chi connectivity index (χ4v) is 11.9. The summed E-state index contributed by atoms with van der Waals surface area (Å²) in [7, 11) is -4.31. The van der Waals surface area contributed by atoms with Crippen molar-refractivity contribution >= 4 is 40.5 Å². The van der Waals surface area contributed by atoms with Crippen LogP contribution in [0.25, 0.3) is 0 Å². The highest BCUT2D eigenvalue weighted by atomic mass is 28.4. The Hall–Kier alpha value is -1.73. The average molecular weight is 423 g/mol. The number of carbonyl (C=O) groups is 4. The molecule has 0 spiro atoms. The molecule has 0 aliphatic carbocycles. The van der Waals surface area contributed by atoms with Gasteiger partial charge in [0.1, 0.15) is 0 Å². The Labute approximate surface area is 160 Å². The molecule has 0 rings (SSSR count). The minimum Gasteiger partial charge on any atom is -0.481 e. The van der Waals surface area contributed by atoms with Crippen LogP contribution >= 0.6 is 0 Å². The van der Waals surface area contributed by atoms with Crippen molar-refractivity contribution in [2.45, 2.75) is 64.0 Å². The van der Waals surface area contributed by atoms with E-state index in [0.29, 0.717) is 24.9 Å². The normalized spacial score (nSPS) is 12.4. The number of aliphatic carboxylic acids is 4. The van der Waals surface area contributed by atoms with Crippen molar-refractivity contribution in [2.24, 2.45) is 11.8 Å². The Kier molecular flexibility index (Phi) is 9.89. The van der Waals surface area contributed by atoms with Crippen LogP contribution in [0.4, 0.5) is 0 Å². The molecule has 11 heteroatoms. The predicted octanol–water partition coefficient (Wildman–Crippen LogP) is 2.54. The van der Waals surface area contributed by atoms with Crippen LogP contribution in [0.3, 0.4) is 0 Å². The average Bonchev–Trinajstić information content (AvgIpc) is 2.45. The van der Waals surface area contributed by atoms with E-state index in [2.05, 4.69) is 0 Å². The summed E-state index contributed by atoms with van der Waals surface area (Å²) in [5.74, 6) is -8.20. The Morgan fingerprint density at radius 1 is 0.667 bits per heavy atom. The van der Waals surface area contributed by atoms with Crippen molar-refractivity contribution in [3.8, 4) is 0 Å². The molecule has 0 bridgehead atoms. The van der Waals surface area contributed by atoms with E-state index < -0.39 is 52.3 Å². The molecule has 0 aromatic heterocycles. The van der Waals surface area contributed by atoms with Crippen molar-refractivity contribution in [1.82, 2.24) is 0 Å². The van der Waals surface area contributed by atoms with Crippen molar-refractivity contribution in [3.05, 3.63) is 0 Å². The highest BCUT2D eigenvalue weighted by Crippen LogP contribution is 2.26. The van der Waals surface area contributed by atoms with Gasteiger partial charge < -0.3 is 24.5 Å². The van der Waals surface area contributed by atoms with Crippen LogP contribution in [0.2, 0.25) is 38.3 Å². The van der Waals surface area contributed by atoms with E-state index in [-0.39, 0.29) is 12.8 Å². The molecule has 0 saturated heterocycles. The third-order valence-corrected chi connectivity index (χ3v) is 11.8. The van der Waals surface area contributed by atoms with Crippen LogP contribution in [0.1, 0.15) is 25.7 Å². The Morgan fingerprint density at radius 2 is 0.926 bits per heavy atom. The summed E-state index contributed by atoms with van der Waals surface area (Å²) in [6, 6.07) is 1.24. The van der Waals surface area contributed by atoms with Crippen molar-refractivity contribution < 1.29 is 43.7 Å². The molecule has 27 heavy (non-hydrogen) atoms. The summed E-state index contributed by atoms with van der Waals surface area (Å²) in [5.41, 5.74) is 0. The SMILES string of the molecule is C[Si](C)(CCCC(C(=O)O)C(=O)O)O[Si](C)(C)CCCC(C(=O)O)C(=O)O. The van der Waals surface area contributed by atoms with Gasteiger partial charge in [-0.15, -0.1) is 0 Å². The third-order valence-electron chi connectivity index (χ3n) is 4.29. The summed E-state index contributed by atoms with van der Waals surface area (Å²) >= 11 is 0. The lowest BCUT2D eigenvalue weighted by molar-refractivity contribution is -0.156. The van der Waals surface area contributed by atoms with E-state index in [1.165, 1.54) is 0 Å². The summed E-state index contributed by atoms with van der Waals surface area (Å²) in [6.07, 6.45) is 0.969. The minimum atomic E-state index is -2.15. The number of hydrogen-bond donors (Lipinski definition) is 4. The molecular weight excluding hydrogens is 392 g/mol. The minimum absolute atomic E-state index is 0.0470. The molecule has 0 unspecified atom stereocenters. The van der Waals surface area contributed by atoms with Gasteiger partial charge in [-0.2, -0.15) is 0 Å². The highest BCUT2D eigenvalue weighted by Gasteiger charge is 2.34. The summed E-state index contributed by atoms with van der Waals surface area (Å²) in [4.78, 5) is 43.7. The first-order chi connectivity index (χ1) is 12.2. The van der Waals surface area contributed by atoms with Gasteiger partial charge in [0.15, 0.2) is 28.5 Å². The maximum absolute atomic E-state index is 10.9. The number of carboxylic acids is 4. The van der Waals surface area contributed by atoms with Gasteiger partial charge in [-0.05, 0) is 51.1 Å². The lowest BCUT2D eigenvalue weighted by Gasteiger charge is -2.34. The van der Waals surface area contributed by atoms with Gasteiger partial charge in [0, 0.05) is 0 Å². The number of carboxylic acid groups (broad SMARTS) is 4. The lowest BCUT2D eigenvalue weighted by Crippen LogP contribution is -2.44. The second-order valence-electron chi connectivity index (χ2n) is 7.86. The number of hydrogen-bond acceptors (Lipinski definition) is 5. The van der Waals surface area contributed by atoms with Gasteiger partial charge in [-0.25, -0.2) is 0 Å². The van der Waals surface area contributed by atoms with E-state index in [1.807, 2.05) is 26.2 Å². The van der Waals surface area contributed by atoms with E-state index >= 15 is 0 Å². The van der Waals surface area contributed by atoms with E-state index in [0.717, 1.165) is 0 Å². The van der Waals surface area contributed by atoms with Crippen LogP contribution in [-0.2, 0) is 23.3 Å². The van der Waals surface area contributed by atoms with Crippen molar-refractivity contribution in [3.63, 3.8) is 0 Å². The lowest BCUT2D eigenvalue weighted by atomic mass is 10.1. The molecule has 0 fully saturated rings.